The van der Waals surface area contributed by atoms with Crippen molar-refractivity contribution < 1.29 is 4.74 Å². The van der Waals surface area contributed by atoms with Crippen molar-refractivity contribution in [3.8, 4) is 0 Å². The molecule has 0 bridgehead atoms. The summed E-state index contributed by atoms with van der Waals surface area (Å²) in [5.41, 5.74) is 7.44. The van der Waals surface area contributed by atoms with E-state index in [4.69, 9.17) is 10.5 Å². The van der Waals surface area contributed by atoms with E-state index in [9.17, 15) is 0 Å². The van der Waals surface area contributed by atoms with Gasteiger partial charge in [-0.1, -0.05) is 0 Å². The predicted molar refractivity (Wildman–Crippen MR) is 62.5 cm³/mol. The van der Waals surface area contributed by atoms with Crippen molar-refractivity contribution in [2.75, 3.05) is 13.2 Å². The molecule has 2 nitrogen and oxygen atoms in total. The zero-order valence-corrected chi connectivity index (χ0v) is 10.3. The van der Waals surface area contributed by atoms with Gasteiger partial charge in [-0.15, -0.1) is 0 Å². The van der Waals surface area contributed by atoms with Gasteiger partial charge in [0.25, 0.3) is 0 Å². The maximum atomic E-state index is 6.21. The van der Waals surface area contributed by atoms with Gasteiger partial charge in [-0.05, 0) is 39.7 Å². The highest BCUT2D eigenvalue weighted by Crippen LogP contribution is 2.33. The Bertz CT molecular complexity index is 296. The number of nitrogens with two attached hydrogens (primary N) is 1. The largest absolute Gasteiger partial charge is 0.381 e. The Balaban J connectivity index is 2.07. The van der Waals surface area contributed by atoms with Crippen molar-refractivity contribution in [1.82, 2.24) is 0 Å². The Morgan fingerprint density at radius 1 is 1.57 bits per heavy atom. The number of ether oxygens (including phenoxy) is 1. The summed E-state index contributed by atoms with van der Waals surface area (Å²) in [6.45, 7) is 1.71. The number of thiophene rings is 1. The third-order valence-electron chi connectivity index (χ3n) is 2.70. The molecule has 2 heterocycles. The third-order valence-corrected chi connectivity index (χ3v) is 4.46. The normalized spacial score (nSPS) is 24.9. The summed E-state index contributed by atoms with van der Waals surface area (Å²) in [5.74, 6) is 0.481. The Kier molecular flexibility index (Phi) is 3.60. The van der Waals surface area contributed by atoms with E-state index in [2.05, 4.69) is 26.7 Å². The lowest BCUT2D eigenvalue weighted by Crippen LogP contribution is -2.28. The van der Waals surface area contributed by atoms with Crippen LogP contribution in [0.4, 0.5) is 0 Å². The molecule has 2 unspecified atom stereocenters. The standard InChI is InChI=1S/C10H14BrNOS/c11-9-6-14-5-8(9)10(12)7-2-1-3-13-4-7/h5-7,10H,1-4,12H2. The smallest absolute Gasteiger partial charge is 0.0512 e. The van der Waals surface area contributed by atoms with Crippen molar-refractivity contribution in [3.05, 3.63) is 20.8 Å². The van der Waals surface area contributed by atoms with Crippen LogP contribution in [0.1, 0.15) is 24.4 Å². The molecule has 1 aliphatic heterocycles. The van der Waals surface area contributed by atoms with E-state index >= 15 is 0 Å². The number of hydrogen-bond acceptors (Lipinski definition) is 3. The fourth-order valence-corrected chi connectivity index (χ4v) is 3.44. The molecule has 1 saturated heterocycles. The lowest BCUT2D eigenvalue weighted by Gasteiger charge is -2.27. The minimum atomic E-state index is 0.121. The number of rotatable bonds is 2. The lowest BCUT2D eigenvalue weighted by molar-refractivity contribution is 0.0447. The molecule has 2 atom stereocenters. The van der Waals surface area contributed by atoms with E-state index in [0.717, 1.165) is 24.1 Å². The molecule has 78 valence electrons. The molecule has 0 radical (unpaired) electrons. The molecule has 0 spiro atoms. The van der Waals surface area contributed by atoms with Crippen LogP contribution in [0, 0.1) is 5.92 Å². The molecule has 0 amide bonds. The van der Waals surface area contributed by atoms with E-state index in [1.807, 2.05) is 0 Å². The quantitative estimate of drug-likeness (QED) is 0.901. The van der Waals surface area contributed by atoms with Crippen molar-refractivity contribution >= 4 is 27.3 Å². The molecule has 4 heteroatoms. The van der Waals surface area contributed by atoms with Crippen LogP contribution in [0.5, 0.6) is 0 Å². The summed E-state index contributed by atoms with van der Waals surface area (Å²) in [7, 11) is 0. The van der Waals surface area contributed by atoms with Gasteiger partial charge < -0.3 is 10.5 Å². The molecular weight excluding hydrogens is 262 g/mol. The highest BCUT2D eigenvalue weighted by molar-refractivity contribution is 9.10. The van der Waals surface area contributed by atoms with Crippen LogP contribution in [0.3, 0.4) is 0 Å². The van der Waals surface area contributed by atoms with Gasteiger partial charge in [0.15, 0.2) is 0 Å². The zero-order valence-electron chi connectivity index (χ0n) is 7.91. The molecule has 1 fully saturated rings. The van der Waals surface area contributed by atoms with Crippen LogP contribution >= 0.6 is 27.3 Å². The fourth-order valence-electron chi connectivity index (χ4n) is 1.83. The SMILES string of the molecule is NC(c1cscc1Br)C1CCCOC1. The van der Waals surface area contributed by atoms with Crippen molar-refractivity contribution in [2.45, 2.75) is 18.9 Å². The summed E-state index contributed by atoms with van der Waals surface area (Å²) in [6, 6.07) is 0.121. The Hall–Kier alpha value is 0.1000. The van der Waals surface area contributed by atoms with E-state index in [-0.39, 0.29) is 6.04 Å². The molecule has 0 aromatic carbocycles. The minimum absolute atomic E-state index is 0.121. The van der Waals surface area contributed by atoms with Gasteiger partial charge in [-0.3, -0.25) is 0 Å². The second-order valence-corrected chi connectivity index (χ2v) is 5.28. The van der Waals surface area contributed by atoms with Crippen molar-refractivity contribution in [2.24, 2.45) is 11.7 Å². The molecule has 1 aromatic heterocycles. The van der Waals surface area contributed by atoms with Gasteiger partial charge in [-0.2, -0.15) is 11.3 Å². The lowest BCUT2D eigenvalue weighted by atomic mass is 9.91. The molecular formula is C10H14BrNOS. The van der Waals surface area contributed by atoms with E-state index < -0.39 is 0 Å². The maximum Gasteiger partial charge on any atom is 0.0512 e. The summed E-state index contributed by atoms with van der Waals surface area (Å²) in [4.78, 5) is 0. The van der Waals surface area contributed by atoms with Crippen LogP contribution in [-0.2, 0) is 4.74 Å². The second-order valence-electron chi connectivity index (χ2n) is 3.68. The second kappa shape index (κ2) is 4.75. The first-order valence-electron chi connectivity index (χ1n) is 4.84. The summed E-state index contributed by atoms with van der Waals surface area (Å²) < 4.78 is 6.59. The number of halogens is 1. The first-order chi connectivity index (χ1) is 6.79. The van der Waals surface area contributed by atoms with Crippen LogP contribution in [-0.4, -0.2) is 13.2 Å². The third kappa shape index (κ3) is 2.19. The van der Waals surface area contributed by atoms with Crippen molar-refractivity contribution in [1.29, 1.82) is 0 Å². The Morgan fingerprint density at radius 2 is 2.43 bits per heavy atom. The summed E-state index contributed by atoms with van der Waals surface area (Å²) in [6.07, 6.45) is 2.32. The monoisotopic (exact) mass is 275 g/mol. The van der Waals surface area contributed by atoms with E-state index in [1.165, 1.54) is 12.0 Å². The maximum absolute atomic E-state index is 6.21. The van der Waals surface area contributed by atoms with Gasteiger partial charge in [0, 0.05) is 28.4 Å². The highest BCUT2D eigenvalue weighted by Gasteiger charge is 2.24. The van der Waals surface area contributed by atoms with Gasteiger partial charge in [0.2, 0.25) is 0 Å². The van der Waals surface area contributed by atoms with Gasteiger partial charge >= 0.3 is 0 Å². The van der Waals surface area contributed by atoms with Crippen LogP contribution in [0.25, 0.3) is 0 Å². The summed E-state index contributed by atoms with van der Waals surface area (Å²) >= 11 is 5.21. The topological polar surface area (TPSA) is 35.2 Å². The molecule has 14 heavy (non-hydrogen) atoms. The average molecular weight is 276 g/mol. The average Bonchev–Trinajstić information content (AvgIpc) is 2.65. The Morgan fingerprint density at radius 3 is 3.00 bits per heavy atom. The van der Waals surface area contributed by atoms with Gasteiger partial charge in [0.05, 0.1) is 6.61 Å². The van der Waals surface area contributed by atoms with E-state index in [1.54, 1.807) is 11.3 Å². The fraction of sp³-hybridized carbons (Fsp3) is 0.600. The zero-order chi connectivity index (χ0) is 9.97. The van der Waals surface area contributed by atoms with E-state index in [0.29, 0.717) is 5.92 Å². The molecule has 2 N–H and O–H groups in total. The molecule has 0 aliphatic carbocycles. The highest BCUT2D eigenvalue weighted by atomic mass is 79.9. The molecule has 2 rings (SSSR count). The molecule has 1 aromatic rings. The molecule has 0 saturated carbocycles. The van der Waals surface area contributed by atoms with Crippen LogP contribution < -0.4 is 5.73 Å². The van der Waals surface area contributed by atoms with Gasteiger partial charge in [-0.25, -0.2) is 0 Å². The first kappa shape index (κ1) is 10.6. The minimum Gasteiger partial charge on any atom is -0.381 e. The van der Waals surface area contributed by atoms with Crippen LogP contribution in [0.2, 0.25) is 0 Å². The molecule has 1 aliphatic rings. The van der Waals surface area contributed by atoms with Gasteiger partial charge in [0.1, 0.15) is 0 Å². The van der Waals surface area contributed by atoms with Crippen molar-refractivity contribution in [3.63, 3.8) is 0 Å². The Labute approximate surface area is 96.6 Å². The summed E-state index contributed by atoms with van der Waals surface area (Å²) in [5, 5.41) is 4.21. The predicted octanol–water partition coefficient (Wildman–Crippen LogP) is 2.94. The number of hydrogen-bond donors (Lipinski definition) is 1. The van der Waals surface area contributed by atoms with Crippen LogP contribution in [0.15, 0.2) is 15.2 Å². The first-order valence-corrected chi connectivity index (χ1v) is 6.57.